The Morgan fingerprint density at radius 3 is 1.82 bits per heavy atom. The van der Waals surface area contributed by atoms with Crippen LogP contribution in [0.4, 0.5) is 0 Å². The molecule has 0 aromatic heterocycles. The minimum absolute atomic E-state index is 0.00518. The van der Waals surface area contributed by atoms with Gasteiger partial charge in [0.2, 0.25) is 23.6 Å². The van der Waals surface area contributed by atoms with Crippen molar-refractivity contribution < 1.29 is 38.7 Å². The van der Waals surface area contributed by atoms with Crippen LogP contribution < -0.4 is 21.3 Å². The van der Waals surface area contributed by atoms with Crippen LogP contribution >= 0.6 is 0 Å². The molecule has 1 unspecified atom stereocenters. The lowest BCUT2D eigenvalue weighted by molar-refractivity contribution is -0.142. The Morgan fingerprint density at radius 1 is 0.788 bits per heavy atom. The second-order valence-electron chi connectivity index (χ2n) is 7.53. The first kappa shape index (κ1) is 29.7. The summed E-state index contributed by atoms with van der Waals surface area (Å²) in [4.78, 5) is 80.2. The largest absolute Gasteiger partial charge is 0.480 e. The second-order valence-corrected chi connectivity index (χ2v) is 7.53. The molecule has 0 saturated heterocycles. The number of aldehydes is 2. The van der Waals surface area contributed by atoms with E-state index in [0.717, 1.165) is 12.8 Å². The lowest BCUT2D eigenvalue weighted by atomic mass is 10.1. The molecule has 0 fully saturated rings. The number of carboxylic acids is 1. The minimum Gasteiger partial charge on any atom is -0.480 e. The highest BCUT2D eigenvalue weighted by Gasteiger charge is 2.22. The molecule has 0 radical (unpaired) electrons. The number of hydrogen-bond acceptors (Lipinski definition) is 7. The van der Waals surface area contributed by atoms with Crippen LogP contribution in [-0.2, 0) is 33.6 Å². The predicted octanol–water partition coefficient (Wildman–Crippen LogP) is -0.800. The summed E-state index contributed by atoms with van der Waals surface area (Å²) in [6, 6.07) is -3.10. The average molecular weight is 471 g/mol. The van der Waals surface area contributed by atoms with Gasteiger partial charge in [-0.25, -0.2) is 4.79 Å². The summed E-state index contributed by atoms with van der Waals surface area (Å²) in [7, 11) is 0. The fourth-order valence-electron chi connectivity index (χ4n) is 2.75. The van der Waals surface area contributed by atoms with Gasteiger partial charge in [-0.2, -0.15) is 0 Å². The maximum absolute atomic E-state index is 12.1. The monoisotopic (exact) mass is 470 g/mol. The summed E-state index contributed by atoms with van der Waals surface area (Å²) >= 11 is 0. The van der Waals surface area contributed by atoms with Gasteiger partial charge in [0, 0.05) is 32.7 Å². The first-order valence-corrected chi connectivity index (χ1v) is 10.9. The van der Waals surface area contributed by atoms with Gasteiger partial charge in [-0.05, 0) is 25.7 Å². The van der Waals surface area contributed by atoms with E-state index in [2.05, 4.69) is 21.3 Å². The number of unbranched alkanes of at least 4 members (excludes halogenated alkanes) is 1. The SMILES string of the molecule is CCCCNC(=O)CC[C@@H](C=O)NC(=O)CCC(NC(=O)CC[C@@H](C=O)NC(C)=O)C(=O)O. The molecule has 4 amide bonds. The van der Waals surface area contributed by atoms with Crippen molar-refractivity contribution in [3.05, 3.63) is 0 Å². The average Bonchev–Trinajstić information content (AvgIpc) is 2.76. The molecule has 0 bridgehead atoms. The van der Waals surface area contributed by atoms with E-state index in [-0.39, 0.29) is 44.4 Å². The van der Waals surface area contributed by atoms with Crippen molar-refractivity contribution in [3.63, 3.8) is 0 Å². The van der Waals surface area contributed by atoms with Gasteiger partial charge in [0.25, 0.3) is 0 Å². The first-order chi connectivity index (χ1) is 15.6. The highest BCUT2D eigenvalue weighted by Crippen LogP contribution is 2.03. The van der Waals surface area contributed by atoms with Crippen molar-refractivity contribution in [3.8, 4) is 0 Å². The van der Waals surface area contributed by atoms with Crippen LogP contribution in [0.15, 0.2) is 0 Å². The minimum atomic E-state index is -1.35. The second kappa shape index (κ2) is 17.3. The Morgan fingerprint density at radius 2 is 1.30 bits per heavy atom. The number of aliphatic carboxylic acids is 1. The van der Waals surface area contributed by atoms with E-state index in [4.69, 9.17) is 0 Å². The summed E-state index contributed by atoms with van der Waals surface area (Å²) in [6.07, 6.45) is 2.22. The van der Waals surface area contributed by atoms with Gasteiger partial charge in [-0.3, -0.25) is 19.2 Å². The van der Waals surface area contributed by atoms with Gasteiger partial charge in [0.15, 0.2) is 0 Å². The topological polar surface area (TPSA) is 188 Å². The van der Waals surface area contributed by atoms with Crippen molar-refractivity contribution in [2.45, 2.75) is 83.3 Å². The third-order valence-electron chi connectivity index (χ3n) is 4.57. The van der Waals surface area contributed by atoms with Crippen LogP contribution in [0.1, 0.15) is 65.2 Å². The molecule has 3 atom stereocenters. The van der Waals surface area contributed by atoms with Crippen molar-refractivity contribution >= 4 is 42.2 Å². The fraction of sp³-hybridized carbons (Fsp3) is 0.667. The van der Waals surface area contributed by atoms with E-state index in [9.17, 15) is 38.7 Å². The van der Waals surface area contributed by atoms with Crippen LogP contribution in [0.3, 0.4) is 0 Å². The van der Waals surface area contributed by atoms with Gasteiger partial charge in [0.05, 0.1) is 12.1 Å². The Balaban J connectivity index is 4.48. The summed E-state index contributed by atoms with van der Waals surface area (Å²) in [5.41, 5.74) is 0. The van der Waals surface area contributed by atoms with Crippen molar-refractivity contribution in [2.75, 3.05) is 6.54 Å². The van der Waals surface area contributed by atoms with Crippen LogP contribution in [0.5, 0.6) is 0 Å². The zero-order valence-electron chi connectivity index (χ0n) is 19.1. The third-order valence-corrected chi connectivity index (χ3v) is 4.57. The van der Waals surface area contributed by atoms with Crippen LogP contribution in [0, 0.1) is 0 Å². The molecule has 12 heteroatoms. The molecular weight excluding hydrogens is 436 g/mol. The molecule has 0 aliphatic carbocycles. The molecule has 0 saturated carbocycles. The molecule has 0 rings (SSSR count). The lowest BCUT2D eigenvalue weighted by Gasteiger charge is -2.17. The third kappa shape index (κ3) is 15.2. The quantitative estimate of drug-likeness (QED) is 0.127. The summed E-state index contributed by atoms with van der Waals surface area (Å²) in [5.74, 6) is -3.26. The number of amides is 4. The van der Waals surface area contributed by atoms with E-state index < -0.39 is 41.8 Å². The molecular formula is C21H34N4O8. The highest BCUT2D eigenvalue weighted by atomic mass is 16.4. The van der Waals surface area contributed by atoms with E-state index in [1.165, 1.54) is 6.92 Å². The Labute approximate surface area is 192 Å². The number of carbonyl (C=O) groups excluding carboxylic acids is 6. The molecule has 0 aromatic rings. The van der Waals surface area contributed by atoms with Gasteiger partial charge in [-0.15, -0.1) is 0 Å². The van der Waals surface area contributed by atoms with Crippen LogP contribution in [0.25, 0.3) is 0 Å². The first-order valence-electron chi connectivity index (χ1n) is 10.9. The maximum atomic E-state index is 12.1. The molecule has 186 valence electrons. The standard InChI is InChI=1S/C21H34N4O8/c1-3-4-11-22-18(29)8-5-16(13-27)24-19(30)10-7-17(21(32)33)25-20(31)9-6-15(12-26)23-14(2)28/h12-13,15-17H,3-11H2,1-2H3,(H,22,29)(H,23,28)(H,24,30)(H,25,31)(H,32,33)/t15-,16-,17?/m0/s1. The Kier molecular flexibility index (Phi) is 15.5. The maximum Gasteiger partial charge on any atom is 0.326 e. The van der Waals surface area contributed by atoms with Gasteiger partial charge >= 0.3 is 5.97 Å². The molecule has 12 nitrogen and oxygen atoms in total. The summed E-state index contributed by atoms with van der Waals surface area (Å²) < 4.78 is 0. The lowest BCUT2D eigenvalue weighted by Crippen LogP contribution is -2.43. The van der Waals surface area contributed by atoms with Crippen LogP contribution in [0.2, 0.25) is 0 Å². The van der Waals surface area contributed by atoms with Gasteiger partial charge in [0.1, 0.15) is 18.6 Å². The van der Waals surface area contributed by atoms with E-state index in [1.54, 1.807) is 0 Å². The molecule has 33 heavy (non-hydrogen) atoms. The van der Waals surface area contributed by atoms with E-state index >= 15 is 0 Å². The molecule has 0 aliphatic heterocycles. The summed E-state index contributed by atoms with van der Waals surface area (Å²) in [6.45, 7) is 3.75. The molecule has 5 N–H and O–H groups in total. The van der Waals surface area contributed by atoms with Crippen molar-refractivity contribution in [1.29, 1.82) is 0 Å². The molecule has 0 aromatic carbocycles. The Bertz CT molecular complexity index is 698. The smallest absolute Gasteiger partial charge is 0.326 e. The Hall–Kier alpha value is -3.31. The zero-order chi connectivity index (χ0) is 25.2. The number of rotatable bonds is 18. The predicted molar refractivity (Wildman–Crippen MR) is 117 cm³/mol. The van der Waals surface area contributed by atoms with Crippen molar-refractivity contribution in [2.24, 2.45) is 0 Å². The summed E-state index contributed by atoms with van der Waals surface area (Å²) in [5, 5.41) is 19.0. The van der Waals surface area contributed by atoms with Gasteiger partial charge in [-0.1, -0.05) is 13.3 Å². The highest BCUT2D eigenvalue weighted by molar-refractivity contribution is 5.85. The van der Waals surface area contributed by atoms with E-state index in [1.807, 2.05) is 6.92 Å². The normalized spacial score (nSPS) is 13.0. The zero-order valence-corrected chi connectivity index (χ0v) is 19.1. The fourth-order valence-corrected chi connectivity index (χ4v) is 2.75. The molecule has 0 aliphatic rings. The van der Waals surface area contributed by atoms with Gasteiger partial charge < -0.3 is 36.0 Å². The van der Waals surface area contributed by atoms with Crippen molar-refractivity contribution in [1.82, 2.24) is 21.3 Å². The number of hydrogen-bond donors (Lipinski definition) is 5. The number of carboxylic acid groups (broad SMARTS) is 1. The molecule has 0 heterocycles. The van der Waals surface area contributed by atoms with E-state index in [0.29, 0.717) is 19.1 Å². The number of nitrogens with one attached hydrogen (secondary N) is 4. The molecule has 0 spiro atoms. The van der Waals surface area contributed by atoms with Crippen LogP contribution in [-0.4, -0.2) is 71.9 Å². The number of carbonyl (C=O) groups is 7.